The van der Waals surface area contributed by atoms with Crippen molar-refractivity contribution < 1.29 is 23.1 Å². The minimum atomic E-state index is -3.25. The highest BCUT2D eigenvalue weighted by atomic mass is 32.2. The Bertz CT molecular complexity index is 977. The molecule has 2 aliphatic heterocycles. The van der Waals surface area contributed by atoms with Crippen molar-refractivity contribution in [3.8, 4) is 5.88 Å². The van der Waals surface area contributed by atoms with E-state index < -0.39 is 16.1 Å². The first-order valence-corrected chi connectivity index (χ1v) is 14.0. The molecule has 1 saturated carbocycles. The first-order valence-electron chi connectivity index (χ1n) is 12.4. The van der Waals surface area contributed by atoms with Crippen LogP contribution in [0.5, 0.6) is 5.88 Å². The van der Waals surface area contributed by atoms with Gasteiger partial charge in [0.05, 0.1) is 24.8 Å². The average Bonchev–Trinajstić information content (AvgIpc) is 3.60. The van der Waals surface area contributed by atoms with Gasteiger partial charge in [-0.25, -0.2) is 23.2 Å². The zero-order valence-electron chi connectivity index (χ0n) is 21.0. The lowest BCUT2D eigenvalue weighted by atomic mass is 9.83. The Labute approximate surface area is 208 Å². The van der Waals surface area contributed by atoms with Crippen LogP contribution in [0, 0.1) is 11.3 Å². The van der Waals surface area contributed by atoms with Crippen LogP contribution in [0.2, 0.25) is 0 Å². The molecular formula is C23H38N6O5S. The van der Waals surface area contributed by atoms with Crippen molar-refractivity contribution in [1.82, 2.24) is 24.1 Å². The van der Waals surface area contributed by atoms with E-state index in [2.05, 4.69) is 16.9 Å². The van der Waals surface area contributed by atoms with Gasteiger partial charge in [0.15, 0.2) is 0 Å². The van der Waals surface area contributed by atoms with Crippen LogP contribution < -0.4 is 9.64 Å². The lowest BCUT2D eigenvalue weighted by Crippen LogP contribution is -2.50. The van der Waals surface area contributed by atoms with Gasteiger partial charge in [-0.3, -0.25) is 0 Å². The highest BCUT2D eigenvalue weighted by Crippen LogP contribution is 2.53. The van der Waals surface area contributed by atoms with E-state index in [1.807, 2.05) is 23.9 Å². The summed E-state index contributed by atoms with van der Waals surface area (Å²) in [6.07, 6.45) is 6.23. The lowest BCUT2D eigenvalue weighted by Gasteiger charge is -2.41. The van der Waals surface area contributed by atoms with E-state index in [4.69, 9.17) is 4.74 Å². The molecule has 2 atom stereocenters. The number of piperidine rings is 1. The summed E-state index contributed by atoms with van der Waals surface area (Å²) in [4.78, 5) is 26.1. The van der Waals surface area contributed by atoms with Crippen LogP contribution in [-0.2, 0) is 10.0 Å². The van der Waals surface area contributed by atoms with Crippen LogP contribution in [-0.4, -0.2) is 115 Å². The smallest absolute Gasteiger partial charge is 0.407 e. The number of carboxylic acid groups (broad SMARTS) is 1. The SMILES string of the molecule is CN(C)CCS(=O)(=O)N1CCN(c2cnc(OCC3CCN(C(=O)O)C(C4(C)CC4)C3)cn2)CC1. The van der Waals surface area contributed by atoms with Crippen LogP contribution in [0.25, 0.3) is 0 Å². The second-order valence-corrected chi connectivity index (χ2v) is 12.7. The predicted molar refractivity (Wildman–Crippen MR) is 132 cm³/mol. The van der Waals surface area contributed by atoms with Gasteiger partial charge < -0.3 is 24.5 Å². The molecule has 12 heteroatoms. The number of aromatic nitrogens is 2. The van der Waals surface area contributed by atoms with E-state index in [0.717, 1.165) is 25.7 Å². The first kappa shape index (κ1) is 25.9. The fraction of sp³-hybridized carbons (Fsp3) is 0.783. The third-order valence-electron chi connectivity index (χ3n) is 7.63. The molecule has 1 N–H and O–H groups in total. The van der Waals surface area contributed by atoms with E-state index >= 15 is 0 Å². The van der Waals surface area contributed by atoms with Crippen LogP contribution >= 0.6 is 0 Å². The van der Waals surface area contributed by atoms with Crippen LogP contribution in [0.3, 0.4) is 0 Å². The van der Waals surface area contributed by atoms with Crippen LogP contribution in [0.1, 0.15) is 32.6 Å². The van der Waals surface area contributed by atoms with Crippen molar-refractivity contribution in [2.24, 2.45) is 11.3 Å². The van der Waals surface area contributed by atoms with Gasteiger partial charge in [-0.05, 0) is 51.1 Å². The van der Waals surface area contributed by atoms with Crippen molar-refractivity contribution in [1.29, 1.82) is 0 Å². The number of piperazine rings is 1. The molecule has 196 valence electrons. The molecule has 0 radical (unpaired) electrons. The van der Waals surface area contributed by atoms with Gasteiger partial charge >= 0.3 is 6.09 Å². The number of likely N-dealkylation sites (tertiary alicyclic amines) is 1. The summed E-state index contributed by atoms with van der Waals surface area (Å²) >= 11 is 0. The van der Waals surface area contributed by atoms with Crippen molar-refractivity contribution >= 4 is 21.9 Å². The van der Waals surface area contributed by atoms with Crippen LogP contribution in [0.15, 0.2) is 12.4 Å². The molecule has 1 aromatic heterocycles. The number of ether oxygens (including phenoxy) is 1. The second kappa shape index (κ2) is 10.4. The van der Waals surface area contributed by atoms with Gasteiger partial charge in [0.1, 0.15) is 5.82 Å². The second-order valence-electron chi connectivity index (χ2n) is 10.6. The van der Waals surface area contributed by atoms with Crippen molar-refractivity contribution in [3.05, 3.63) is 12.4 Å². The molecule has 3 fully saturated rings. The molecule has 1 aliphatic carbocycles. The van der Waals surface area contributed by atoms with E-state index in [-0.39, 0.29) is 23.1 Å². The largest absolute Gasteiger partial charge is 0.476 e. The number of amides is 1. The quantitative estimate of drug-likeness (QED) is 0.526. The Balaban J connectivity index is 1.25. The Hall–Kier alpha value is -2.18. The van der Waals surface area contributed by atoms with Gasteiger partial charge in [-0.2, -0.15) is 4.31 Å². The standard InChI is InChI=1S/C23H38N6O5S/c1-23(5-6-23)19-14-18(4-7-29(19)22(30)31)17-34-21-16-24-20(15-25-21)27-8-10-28(11-9-27)35(32,33)13-12-26(2)3/h15-16,18-19H,4-14,17H2,1-3H3,(H,30,31). The molecule has 2 unspecified atom stereocenters. The number of nitrogens with zero attached hydrogens (tertiary/aromatic N) is 6. The number of hydrogen-bond acceptors (Lipinski definition) is 8. The Morgan fingerprint density at radius 2 is 1.89 bits per heavy atom. The number of carbonyl (C=O) groups is 1. The number of sulfonamides is 1. The fourth-order valence-electron chi connectivity index (χ4n) is 4.98. The molecule has 11 nitrogen and oxygen atoms in total. The van der Waals surface area contributed by atoms with Crippen LogP contribution in [0.4, 0.5) is 10.6 Å². The summed E-state index contributed by atoms with van der Waals surface area (Å²) in [5.74, 6) is 1.57. The highest BCUT2D eigenvalue weighted by molar-refractivity contribution is 7.89. The zero-order chi connectivity index (χ0) is 25.2. The predicted octanol–water partition coefficient (Wildman–Crippen LogP) is 1.43. The number of hydrogen-bond donors (Lipinski definition) is 1. The highest BCUT2D eigenvalue weighted by Gasteiger charge is 2.50. The van der Waals surface area contributed by atoms with Gasteiger partial charge in [-0.1, -0.05) is 6.92 Å². The molecule has 3 aliphatic rings. The summed E-state index contributed by atoms with van der Waals surface area (Å²) in [6.45, 7) is 5.74. The maximum Gasteiger partial charge on any atom is 0.407 e. The summed E-state index contributed by atoms with van der Waals surface area (Å²) in [5.41, 5.74) is 0.105. The Morgan fingerprint density at radius 1 is 1.17 bits per heavy atom. The third-order valence-corrected chi connectivity index (χ3v) is 9.48. The molecule has 35 heavy (non-hydrogen) atoms. The van der Waals surface area contributed by atoms with Gasteiger partial charge in [0.2, 0.25) is 15.9 Å². The number of anilines is 1. The molecule has 3 heterocycles. The van der Waals surface area contributed by atoms with Gasteiger partial charge in [-0.15, -0.1) is 0 Å². The molecule has 2 saturated heterocycles. The Kier molecular flexibility index (Phi) is 7.72. The molecular weight excluding hydrogens is 472 g/mol. The average molecular weight is 511 g/mol. The fourth-order valence-corrected chi connectivity index (χ4v) is 6.56. The van der Waals surface area contributed by atoms with E-state index in [9.17, 15) is 18.3 Å². The molecule has 0 bridgehead atoms. The summed E-state index contributed by atoms with van der Waals surface area (Å²) in [6, 6.07) is 0.0566. The van der Waals surface area contributed by atoms with Crippen molar-refractivity contribution in [3.63, 3.8) is 0 Å². The number of rotatable bonds is 9. The van der Waals surface area contributed by atoms with E-state index in [1.54, 1.807) is 21.6 Å². The summed E-state index contributed by atoms with van der Waals surface area (Å²) in [5, 5.41) is 9.56. The zero-order valence-corrected chi connectivity index (χ0v) is 21.8. The normalized spacial score (nSPS) is 25.0. The summed E-state index contributed by atoms with van der Waals surface area (Å²) in [7, 11) is 0.482. The molecule has 4 rings (SSSR count). The van der Waals surface area contributed by atoms with E-state index in [0.29, 0.717) is 57.6 Å². The first-order chi connectivity index (χ1) is 16.6. The molecule has 1 amide bonds. The topological polar surface area (TPSA) is 119 Å². The maximum absolute atomic E-state index is 12.5. The minimum Gasteiger partial charge on any atom is -0.476 e. The van der Waals surface area contributed by atoms with Crippen molar-refractivity contribution in [2.45, 2.75) is 38.6 Å². The van der Waals surface area contributed by atoms with Gasteiger partial charge in [0, 0.05) is 45.3 Å². The molecule has 0 aromatic carbocycles. The molecule has 1 aromatic rings. The van der Waals surface area contributed by atoms with Gasteiger partial charge in [0.25, 0.3) is 0 Å². The van der Waals surface area contributed by atoms with E-state index in [1.165, 1.54) is 0 Å². The lowest BCUT2D eigenvalue weighted by molar-refractivity contribution is 0.0483. The summed E-state index contributed by atoms with van der Waals surface area (Å²) < 4.78 is 32.5. The molecule has 0 spiro atoms. The minimum absolute atomic E-state index is 0.0566. The Morgan fingerprint density at radius 3 is 2.46 bits per heavy atom. The maximum atomic E-state index is 12.5. The van der Waals surface area contributed by atoms with Crippen molar-refractivity contribution in [2.75, 3.05) is 70.6 Å². The third kappa shape index (κ3) is 6.34. The monoisotopic (exact) mass is 510 g/mol.